The maximum absolute atomic E-state index is 6.02. The van der Waals surface area contributed by atoms with Crippen molar-refractivity contribution in [2.24, 2.45) is 5.73 Å². The molecule has 2 rings (SSSR count). The number of hydrogen-bond donors (Lipinski definition) is 1. The number of ether oxygens (including phenoxy) is 2. The van der Waals surface area contributed by atoms with Gasteiger partial charge in [-0.1, -0.05) is 18.2 Å². The Bertz CT molecular complexity index is 529. The summed E-state index contributed by atoms with van der Waals surface area (Å²) in [4.78, 5) is 4.33. The first-order valence-corrected chi connectivity index (χ1v) is 6.61. The molecule has 0 aliphatic carbocycles. The van der Waals surface area contributed by atoms with Crippen LogP contribution < -0.4 is 10.5 Å². The predicted molar refractivity (Wildman–Crippen MR) is 78.4 cm³/mol. The van der Waals surface area contributed by atoms with Crippen molar-refractivity contribution in [2.75, 3.05) is 7.11 Å². The number of nitrogens with two attached hydrogens (primary N) is 1. The van der Waals surface area contributed by atoms with Gasteiger partial charge in [-0.3, -0.25) is 4.98 Å². The summed E-state index contributed by atoms with van der Waals surface area (Å²) in [6.07, 6.45) is 1.48. The molecule has 4 heteroatoms. The van der Waals surface area contributed by atoms with Gasteiger partial charge in [0, 0.05) is 19.3 Å². The quantitative estimate of drug-likeness (QED) is 0.878. The van der Waals surface area contributed by atoms with E-state index in [2.05, 4.69) is 4.98 Å². The Morgan fingerprint density at radius 2 is 2.05 bits per heavy atom. The van der Waals surface area contributed by atoms with Crippen molar-refractivity contribution < 1.29 is 9.47 Å². The second-order valence-corrected chi connectivity index (χ2v) is 4.73. The SMILES string of the molecule is COCc1cccc(OC(c2ccccn2)C(C)N)c1. The summed E-state index contributed by atoms with van der Waals surface area (Å²) in [5, 5.41) is 0. The van der Waals surface area contributed by atoms with E-state index in [-0.39, 0.29) is 12.1 Å². The highest BCUT2D eigenvalue weighted by Crippen LogP contribution is 2.23. The van der Waals surface area contributed by atoms with Crippen LogP contribution in [0.3, 0.4) is 0 Å². The van der Waals surface area contributed by atoms with Crippen molar-refractivity contribution in [3.63, 3.8) is 0 Å². The third kappa shape index (κ3) is 3.79. The van der Waals surface area contributed by atoms with E-state index in [0.29, 0.717) is 6.61 Å². The standard InChI is InChI=1S/C16H20N2O2/c1-12(17)16(15-8-3-4-9-18-15)20-14-7-5-6-13(10-14)11-19-2/h3-10,12,16H,11,17H2,1-2H3. The van der Waals surface area contributed by atoms with Gasteiger partial charge in [0.2, 0.25) is 0 Å². The van der Waals surface area contributed by atoms with Crippen LogP contribution in [0.1, 0.15) is 24.3 Å². The molecule has 2 atom stereocenters. The van der Waals surface area contributed by atoms with Crippen molar-refractivity contribution in [3.8, 4) is 5.75 Å². The van der Waals surface area contributed by atoms with Crippen LogP contribution in [0.25, 0.3) is 0 Å². The Hall–Kier alpha value is -1.91. The maximum atomic E-state index is 6.02. The Morgan fingerprint density at radius 1 is 1.20 bits per heavy atom. The minimum absolute atomic E-state index is 0.156. The molecule has 106 valence electrons. The minimum atomic E-state index is -0.269. The summed E-state index contributed by atoms with van der Waals surface area (Å²) in [6.45, 7) is 2.47. The first-order valence-electron chi connectivity index (χ1n) is 6.61. The lowest BCUT2D eigenvalue weighted by molar-refractivity contribution is 0.171. The van der Waals surface area contributed by atoms with Gasteiger partial charge in [0.25, 0.3) is 0 Å². The molecule has 0 spiro atoms. The van der Waals surface area contributed by atoms with Crippen LogP contribution in [-0.2, 0) is 11.3 Å². The lowest BCUT2D eigenvalue weighted by Gasteiger charge is -2.22. The normalized spacial score (nSPS) is 13.8. The van der Waals surface area contributed by atoms with Gasteiger partial charge in [-0.2, -0.15) is 0 Å². The number of hydrogen-bond acceptors (Lipinski definition) is 4. The summed E-state index contributed by atoms with van der Waals surface area (Å²) in [5.41, 5.74) is 7.92. The molecule has 0 bridgehead atoms. The highest BCUT2D eigenvalue weighted by molar-refractivity contribution is 5.29. The smallest absolute Gasteiger partial charge is 0.155 e. The summed E-state index contributed by atoms with van der Waals surface area (Å²) < 4.78 is 11.1. The largest absolute Gasteiger partial charge is 0.482 e. The van der Waals surface area contributed by atoms with Crippen LogP contribution in [0, 0.1) is 0 Å². The number of aromatic nitrogens is 1. The van der Waals surface area contributed by atoms with Crippen molar-refractivity contribution in [1.29, 1.82) is 0 Å². The molecule has 20 heavy (non-hydrogen) atoms. The van der Waals surface area contributed by atoms with Crippen molar-refractivity contribution in [1.82, 2.24) is 4.98 Å². The molecule has 0 radical (unpaired) electrons. The predicted octanol–water partition coefficient (Wildman–Crippen LogP) is 2.70. The van der Waals surface area contributed by atoms with Crippen LogP contribution in [0.4, 0.5) is 0 Å². The zero-order chi connectivity index (χ0) is 14.4. The molecule has 0 aliphatic rings. The third-order valence-electron chi connectivity index (χ3n) is 2.93. The topological polar surface area (TPSA) is 57.4 Å². The Balaban J connectivity index is 2.18. The number of methoxy groups -OCH3 is 1. The second-order valence-electron chi connectivity index (χ2n) is 4.73. The zero-order valence-electron chi connectivity index (χ0n) is 11.8. The Kier molecular flexibility index (Phi) is 5.09. The zero-order valence-corrected chi connectivity index (χ0v) is 11.8. The van der Waals surface area contributed by atoms with E-state index >= 15 is 0 Å². The highest BCUT2D eigenvalue weighted by atomic mass is 16.5. The van der Waals surface area contributed by atoms with Gasteiger partial charge in [-0.05, 0) is 36.8 Å². The molecule has 2 N–H and O–H groups in total. The van der Waals surface area contributed by atoms with Crippen molar-refractivity contribution >= 4 is 0 Å². The average molecular weight is 272 g/mol. The van der Waals surface area contributed by atoms with Crippen molar-refractivity contribution in [2.45, 2.75) is 25.7 Å². The molecule has 4 nitrogen and oxygen atoms in total. The van der Waals surface area contributed by atoms with Crippen LogP contribution >= 0.6 is 0 Å². The fraction of sp³-hybridized carbons (Fsp3) is 0.312. The third-order valence-corrected chi connectivity index (χ3v) is 2.93. The van der Waals surface area contributed by atoms with Crippen LogP contribution in [-0.4, -0.2) is 18.1 Å². The lowest BCUT2D eigenvalue weighted by atomic mass is 10.1. The maximum Gasteiger partial charge on any atom is 0.155 e. The van der Waals surface area contributed by atoms with Gasteiger partial charge in [-0.15, -0.1) is 0 Å². The molecule has 1 aromatic heterocycles. The summed E-state index contributed by atoms with van der Waals surface area (Å²) in [7, 11) is 1.67. The van der Waals surface area contributed by atoms with Crippen LogP contribution in [0.5, 0.6) is 5.75 Å². The first-order chi connectivity index (χ1) is 9.70. The summed E-state index contributed by atoms with van der Waals surface area (Å²) in [5.74, 6) is 0.771. The van der Waals surface area contributed by atoms with Gasteiger partial charge in [0.05, 0.1) is 12.3 Å². The first kappa shape index (κ1) is 14.5. The lowest BCUT2D eigenvalue weighted by Crippen LogP contribution is -2.29. The fourth-order valence-electron chi connectivity index (χ4n) is 2.00. The molecule has 2 unspecified atom stereocenters. The molecule has 0 amide bonds. The van der Waals surface area contributed by atoms with Gasteiger partial charge in [0.1, 0.15) is 5.75 Å². The summed E-state index contributed by atoms with van der Waals surface area (Å²) in [6, 6.07) is 13.4. The van der Waals surface area contributed by atoms with Gasteiger partial charge >= 0.3 is 0 Å². The molecule has 0 aliphatic heterocycles. The Labute approximate surface area is 119 Å². The monoisotopic (exact) mass is 272 g/mol. The van der Waals surface area contributed by atoms with E-state index in [9.17, 15) is 0 Å². The van der Waals surface area contributed by atoms with E-state index in [1.54, 1.807) is 13.3 Å². The molecule has 2 aromatic rings. The van der Waals surface area contributed by atoms with E-state index in [1.165, 1.54) is 0 Å². The number of pyridine rings is 1. The molecule has 0 saturated carbocycles. The molecular weight excluding hydrogens is 252 g/mol. The van der Waals surface area contributed by atoms with E-state index in [4.69, 9.17) is 15.2 Å². The van der Waals surface area contributed by atoms with E-state index < -0.39 is 0 Å². The molecule has 1 heterocycles. The number of rotatable bonds is 6. The Morgan fingerprint density at radius 3 is 2.70 bits per heavy atom. The van der Waals surface area contributed by atoms with E-state index in [0.717, 1.165) is 17.0 Å². The highest BCUT2D eigenvalue weighted by Gasteiger charge is 2.19. The van der Waals surface area contributed by atoms with Gasteiger partial charge in [-0.25, -0.2) is 0 Å². The van der Waals surface area contributed by atoms with Crippen LogP contribution in [0.2, 0.25) is 0 Å². The summed E-state index contributed by atoms with van der Waals surface area (Å²) >= 11 is 0. The van der Waals surface area contributed by atoms with Crippen LogP contribution in [0.15, 0.2) is 48.7 Å². The average Bonchev–Trinajstić information content (AvgIpc) is 2.46. The molecule has 0 fully saturated rings. The van der Waals surface area contributed by atoms with E-state index in [1.807, 2.05) is 49.4 Å². The molecule has 1 aromatic carbocycles. The molecular formula is C16H20N2O2. The van der Waals surface area contributed by atoms with Gasteiger partial charge < -0.3 is 15.2 Å². The molecule has 0 saturated heterocycles. The van der Waals surface area contributed by atoms with Crippen molar-refractivity contribution in [3.05, 3.63) is 59.9 Å². The minimum Gasteiger partial charge on any atom is -0.482 e. The van der Waals surface area contributed by atoms with Gasteiger partial charge in [0.15, 0.2) is 6.10 Å². The number of benzene rings is 1. The second kappa shape index (κ2) is 7.03. The fourth-order valence-corrected chi connectivity index (χ4v) is 2.00. The number of nitrogens with zero attached hydrogens (tertiary/aromatic N) is 1.